The first-order chi connectivity index (χ1) is 5.77. The van der Waals surface area contributed by atoms with Gasteiger partial charge in [-0.25, -0.2) is 4.98 Å². The predicted octanol–water partition coefficient (Wildman–Crippen LogP) is -0.0696. The molecule has 5 nitrogen and oxygen atoms in total. The lowest BCUT2D eigenvalue weighted by Gasteiger charge is -2.18. The van der Waals surface area contributed by atoms with Crippen LogP contribution in [0, 0.1) is 0 Å². The molecule has 0 saturated heterocycles. The minimum Gasteiger partial charge on any atom is -0.480 e. The number of nitrogens with one attached hydrogen (secondary N) is 2. The van der Waals surface area contributed by atoms with Crippen molar-refractivity contribution in [2.24, 2.45) is 0 Å². The van der Waals surface area contributed by atoms with Gasteiger partial charge in [0.2, 0.25) is 0 Å². The fourth-order valence-corrected chi connectivity index (χ4v) is 1.35. The van der Waals surface area contributed by atoms with Gasteiger partial charge in [-0.15, -0.1) is 12.4 Å². The fraction of sp³-hybridized carbons (Fsp3) is 0.429. The standard InChI is InChI=1S/C7H9N3O2.ClH/c11-7(12)5-1-4-6(2-8-5)10-3-9-4;/h3,5,8H,1-2H2,(H,9,10)(H,11,12);1H/t5-;/m1./s1. The number of fused-ring (bicyclic) bond motifs is 1. The molecule has 0 spiro atoms. The second-order valence-corrected chi connectivity index (χ2v) is 2.80. The van der Waals surface area contributed by atoms with Gasteiger partial charge >= 0.3 is 5.97 Å². The second-order valence-electron chi connectivity index (χ2n) is 2.80. The number of halogens is 1. The number of aromatic amines is 1. The molecule has 2 rings (SSSR count). The van der Waals surface area contributed by atoms with Gasteiger partial charge in [0.05, 0.1) is 12.0 Å². The number of rotatable bonds is 1. The van der Waals surface area contributed by atoms with E-state index < -0.39 is 12.0 Å². The summed E-state index contributed by atoms with van der Waals surface area (Å²) in [6.45, 7) is 0.538. The van der Waals surface area contributed by atoms with Crippen molar-refractivity contribution in [1.82, 2.24) is 15.3 Å². The summed E-state index contributed by atoms with van der Waals surface area (Å²) in [7, 11) is 0. The number of carboxylic acids is 1. The van der Waals surface area contributed by atoms with Crippen LogP contribution < -0.4 is 5.32 Å². The van der Waals surface area contributed by atoms with E-state index in [9.17, 15) is 4.79 Å². The molecule has 0 radical (unpaired) electrons. The van der Waals surface area contributed by atoms with Gasteiger partial charge in [0.25, 0.3) is 0 Å². The van der Waals surface area contributed by atoms with Crippen molar-refractivity contribution < 1.29 is 9.90 Å². The largest absolute Gasteiger partial charge is 0.480 e. The molecule has 0 bridgehead atoms. The summed E-state index contributed by atoms with van der Waals surface area (Å²) in [5.74, 6) is -0.810. The highest BCUT2D eigenvalue weighted by Crippen LogP contribution is 2.11. The molecule has 0 saturated carbocycles. The van der Waals surface area contributed by atoms with Crippen LogP contribution in [0.25, 0.3) is 0 Å². The number of H-pyrrole nitrogens is 1. The molecule has 1 aliphatic heterocycles. The maximum absolute atomic E-state index is 10.6. The third kappa shape index (κ3) is 1.81. The Morgan fingerprint density at radius 1 is 1.69 bits per heavy atom. The van der Waals surface area contributed by atoms with E-state index in [1.165, 1.54) is 0 Å². The lowest BCUT2D eigenvalue weighted by Crippen LogP contribution is -2.41. The van der Waals surface area contributed by atoms with Gasteiger partial charge < -0.3 is 10.1 Å². The topological polar surface area (TPSA) is 78.0 Å². The Hall–Kier alpha value is -1.07. The molecule has 6 heteroatoms. The maximum atomic E-state index is 10.6. The van der Waals surface area contributed by atoms with Crippen LogP contribution in [0.5, 0.6) is 0 Å². The zero-order chi connectivity index (χ0) is 8.55. The van der Waals surface area contributed by atoms with Crippen LogP contribution in [0.1, 0.15) is 11.4 Å². The molecule has 0 unspecified atom stereocenters. The van der Waals surface area contributed by atoms with Crippen molar-refractivity contribution in [3.63, 3.8) is 0 Å². The van der Waals surface area contributed by atoms with Gasteiger partial charge in [0, 0.05) is 18.7 Å². The lowest BCUT2D eigenvalue weighted by atomic mass is 10.1. The van der Waals surface area contributed by atoms with Gasteiger partial charge in [-0.05, 0) is 0 Å². The molecule has 3 N–H and O–H groups in total. The summed E-state index contributed by atoms with van der Waals surface area (Å²) >= 11 is 0. The van der Waals surface area contributed by atoms with Gasteiger partial charge in [0.1, 0.15) is 6.04 Å². The Kier molecular flexibility index (Phi) is 2.90. The van der Waals surface area contributed by atoms with Crippen LogP contribution in [0.15, 0.2) is 6.33 Å². The molecule has 0 aliphatic carbocycles. The van der Waals surface area contributed by atoms with Crippen molar-refractivity contribution in [2.45, 2.75) is 19.0 Å². The Morgan fingerprint density at radius 2 is 2.46 bits per heavy atom. The van der Waals surface area contributed by atoms with Crippen LogP contribution in [0.2, 0.25) is 0 Å². The first-order valence-corrected chi connectivity index (χ1v) is 3.74. The van der Waals surface area contributed by atoms with Crippen molar-refractivity contribution >= 4 is 18.4 Å². The first-order valence-electron chi connectivity index (χ1n) is 3.74. The molecule has 0 aromatic carbocycles. The SMILES string of the molecule is Cl.O=C(O)[C@H]1Cc2[nH]cnc2CN1. The number of aliphatic carboxylic acids is 1. The maximum Gasteiger partial charge on any atom is 0.321 e. The van der Waals surface area contributed by atoms with Gasteiger partial charge in [-0.1, -0.05) is 0 Å². The number of hydrogen-bond acceptors (Lipinski definition) is 3. The average Bonchev–Trinajstić information content (AvgIpc) is 2.49. The first kappa shape index (κ1) is 10.0. The monoisotopic (exact) mass is 203 g/mol. The Labute approximate surface area is 81.0 Å². The van der Waals surface area contributed by atoms with Crippen molar-refractivity contribution in [1.29, 1.82) is 0 Å². The highest BCUT2D eigenvalue weighted by molar-refractivity contribution is 5.85. The van der Waals surface area contributed by atoms with Crippen molar-refractivity contribution in [3.05, 3.63) is 17.7 Å². The van der Waals surface area contributed by atoms with E-state index in [2.05, 4.69) is 15.3 Å². The van der Waals surface area contributed by atoms with Crippen molar-refractivity contribution in [3.8, 4) is 0 Å². The van der Waals surface area contributed by atoms with E-state index in [1.807, 2.05) is 0 Å². The van der Waals surface area contributed by atoms with Crippen LogP contribution in [-0.4, -0.2) is 27.1 Å². The Balaban J connectivity index is 0.000000845. The summed E-state index contributed by atoms with van der Waals surface area (Å²) in [6.07, 6.45) is 2.08. The number of imidazole rings is 1. The third-order valence-corrected chi connectivity index (χ3v) is 2.03. The average molecular weight is 204 g/mol. The molecule has 1 aliphatic rings. The Morgan fingerprint density at radius 3 is 3.15 bits per heavy atom. The van der Waals surface area contributed by atoms with Crippen LogP contribution in [-0.2, 0) is 17.8 Å². The van der Waals surface area contributed by atoms with Crippen LogP contribution >= 0.6 is 12.4 Å². The zero-order valence-corrected chi connectivity index (χ0v) is 7.60. The Bertz CT molecular complexity index is 312. The summed E-state index contributed by atoms with van der Waals surface area (Å²) in [5.41, 5.74) is 1.86. The smallest absolute Gasteiger partial charge is 0.321 e. The van der Waals surface area contributed by atoms with Gasteiger partial charge in [0.15, 0.2) is 0 Å². The summed E-state index contributed by atoms with van der Waals surface area (Å²) in [6, 6.07) is -0.474. The zero-order valence-electron chi connectivity index (χ0n) is 6.78. The number of nitrogens with zero attached hydrogens (tertiary/aromatic N) is 1. The molecule has 13 heavy (non-hydrogen) atoms. The van der Waals surface area contributed by atoms with E-state index in [4.69, 9.17) is 5.11 Å². The number of aromatic nitrogens is 2. The quantitative estimate of drug-likeness (QED) is 0.597. The number of carbonyl (C=O) groups is 1. The normalized spacial score (nSPS) is 20.2. The molecule has 1 aromatic rings. The molecular weight excluding hydrogens is 194 g/mol. The predicted molar refractivity (Wildman–Crippen MR) is 47.8 cm³/mol. The molecule has 0 amide bonds. The molecular formula is C7H10ClN3O2. The molecule has 72 valence electrons. The van der Waals surface area contributed by atoms with Gasteiger partial charge in [-0.2, -0.15) is 0 Å². The van der Waals surface area contributed by atoms with E-state index in [0.717, 1.165) is 11.4 Å². The molecule has 1 aromatic heterocycles. The second kappa shape index (κ2) is 3.76. The number of carboxylic acid groups (broad SMARTS) is 1. The summed E-state index contributed by atoms with van der Waals surface area (Å²) in [5, 5.41) is 11.6. The van der Waals surface area contributed by atoms with Crippen LogP contribution in [0.4, 0.5) is 0 Å². The number of hydrogen-bond donors (Lipinski definition) is 3. The van der Waals surface area contributed by atoms with E-state index in [1.54, 1.807) is 6.33 Å². The van der Waals surface area contributed by atoms with Gasteiger partial charge in [-0.3, -0.25) is 10.1 Å². The summed E-state index contributed by atoms with van der Waals surface area (Å²) in [4.78, 5) is 17.6. The summed E-state index contributed by atoms with van der Waals surface area (Å²) < 4.78 is 0. The van der Waals surface area contributed by atoms with Crippen molar-refractivity contribution in [2.75, 3.05) is 0 Å². The minimum atomic E-state index is -0.810. The third-order valence-electron chi connectivity index (χ3n) is 2.03. The molecule has 2 heterocycles. The molecule has 0 fully saturated rings. The minimum absolute atomic E-state index is 0. The lowest BCUT2D eigenvalue weighted by molar-refractivity contribution is -0.139. The van der Waals surface area contributed by atoms with E-state index >= 15 is 0 Å². The van der Waals surface area contributed by atoms with Crippen LogP contribution in [0.3, 0.4) is 0 Å². The highest BCUT2D eigenvalue weighted by atomic mass is 35.5. The highest BCUT2D eigenvalue weighted by Gasteiger charge is 2.24. The van der Waals surface area contributed by atoms with E-state index in [-0.39, 0.29) is 12.4 Å². The van der Waals surface area contributed by atoms with E-state index in [0.29, 0.717) is 13.0 Å². The molecule has 1 atom stereocenters. The fourth-order valence-electron chi connectivity index (χ4n) is 1.35.